The summed E-state index contributed by atoms with van der Waals surface area (Å²) < 4.78 is 17.3. The van der Waals surface area contributed by atoms with E-state index in [1.165, 1.54) is 0 Å². The Balaban J connectivity index is 2.16. The molecule has 1 fully saturated rings. The highest BCUT2D eigenvalue weighted by Gasteiger charge is 2.24. The Morgan fingerprint density at radius 1 is 0.944 bits per heavy atom. The van der Waals surface area contributed by atoms with Crippen LogP contribution >= 0.6 is 0 Å². The Morgan fingerprint density at radius 3 is 2.11 bits per heavy atom. The maximum absolute atomic E-state index is 5.78. The van der Waals surface area contributed by atoms with Crippen molar-refractivity contribution in [3.63, 3.8) is 0 Å². The molecule has 0 amide bonds. The van der Waals surface area contributed by atoms with Gasteiger partial charge in [-0.1, -0.05) is 0 Å². The average Bonchev–Trinajstić information content (AvgIpc) is 3.04. The van der Waals surface area contributed by atoms with Gasteiger partial charge in [-0.3, -0.25) is 0 Å². The molecule has 100 valence electrons. The molecule has 1 aromatic carbocycles. The van der Waals surface area contributed by atoms with Gasteiger partial charge >= 0.3 is 0 Å². The van der Waals surface area contributed by atoms with Crippen molar-refractivity contribution >= 4 is 0 Å². The Bertz CT molecular complexity index is 395. The number of hydrogen-bond acceptors (Lipinski definition) is 3. The van der Waals surface area contributed by atoms with E-state index in [1.807, 2.05) is 45.9 Å². The second kappa shape index (κ2) is 5.51. The van der Waals surface area contributed by atoms with E-state index >= 15 is 0 Å². The summed E-state index contributed by atoms with van der Waals surface area (Å²) in [6.07, 6.45) is 2.97. The van der Waals surface area contributed by atoms with Gasteiger partial charge < -0.3 is 14.2 Å². The van der Waals surface area contributed by atoms with Crippen molar-refractivity contribution in [3.8, 4) is 17.2 Å². The van der Waals surface area contributed by atoms with E-state index in [1.54, 1.807) is 0 Å². The molecule has 0 bridgehead atoms. The monoisotopic (exact) mass is 250 g/mol. The van der Waals surface area contributed by atoms with Gasteiger partial charge in [0.05, 0.1) is 18.3 Å². The predicted octanol–water partition coefficient (Wildman–Crippen LogP) is 3.80. The zero-order chi connectivity index (χ0) is 13.1. The summed E-state index contributed by atoms with van der Waals surface area (Å²) >= 11 is 0. The molecule has 1 aromatic rings. The van der Waals surface area contributed by atoms with E-state index in [0.717, 1.165) is 30.1 Å². The van der Waals surface area contributed by atoms with Gasteiger partial charge in [-0.15, -0.1) is 0 Å². The van der Waals surface area contributed by atoms with Crippen molar-refractivity contribution in [1.29, 1.82) is 0 Å². The topological polar surface area (TPSA) is 27.7 Å². The third kappa shape index (κ3) is 3.83. The summed E-state index contributed by atoms with van der Waals surface area (Å²) in [5, 5.41) is 0. The van der Waals surface area contributed by atoms with Crippen LogP contribution in [-0.4, -0.2) is 18.3 Å². The first kappa shape index (κ1) is 13.1. The highest BCUT2D eigenvalue weighted by molar-refractivity contribution is 5.46. The number of hydrogen-bond donors (Lipinski definition) is 0. The van der Waals surface area contributed by atoms with Crippen LogP contribution in [0.1, 0.15) is 40.5 Å². The summed E-state index contributed by atoms with van der Waals surface area (Å²) in [5.74, 6) is 2.41. The predicted molar refractivity (Wildman–Crippen MR) is 71.6 cm³/mol. The van der Waals surface area contributed by atoms with Gasteiger partial charge in [-0.05, 0) is 52.7 Å². The van der Waals surface area contributed by atoms with Crippen molar-refractivity contribution in [3.05, 3.63) is 18.2 Å². The van der Waals surface area contributed by atoms with Crippen LogP contribution in [0.4, 0.5) is 0 Å². The molecule has 2 rings (SSSR count). The summed E-state index contributed by atoms with van der Waals surface area (Å²) in [4.78, 5) is 0. The van der Waals surface area contributed by atoms with E-state index in [9.17, 15) is 0 Å². The van der Waals surface area contributed by atoms with E-state index in [-0.39, 0.29) is 12.2 Å². The van der Waals surface area contributed by atoms with Crippen LogP contribution in [0.5, 0.6) is 17.2 Å². The van der Waals surface area contributed by atoms with Crippen LogP contribution in [-0.2, 0) is 0 Å². The highest BCUT2D eigenvalue weighted by atomic mass is 16.5. The molecule has 0 N–H and O–H groups in total. The van der Waals surface area contributed by atoms with Crippen molar-refractivity contribution in [1.82, 2.24) is 0 Å². The molecule has 0 radical (unpaired) electrons. The molecule has 1 aliphatic carbocycles. The third-order valence-corrected chi connectivity index (χ3v) is 2.47. The number of rotatable bonds is 6. The molecule has 0 heterocycles. The average molecular weight is 250 g/mol. The molecule has 0 aromatic heterocycles. The summed E-state index contributed by atoms with van der Waals surface area (Å²) in [6.45, 7) is 8.03. The molecule has 3 nitrogen and oxygen atoms in total. The smallest absolute Gasteiger partial charge is 0.165 e. The molecule has 0 spiro atoms. The summed E-state index contributed by atoms with van der Waals surface area (Å²) in [7, 11) is 0. The van der Waals surface area contributed by atoms with Crippen LogP contribution in [0.25, 0.3) is 0 Å². The van der Waals surface area contributed by atoms with Crippen LogP contribution in [0, 0.1) is 0 Å². The molecule has 0 aliphatic heterocycles. The first-order valence-electron chi connectivity index (χ1n) is 6.68. The van der Waals surface area contributed by atoms with Crippen LogP contribution in [0.3, 0.4) is 0 Å². The summed E-state index contributed by atoms with van der Waals surface area (Å²) in [6, 6.07) is 5.80. The Hall–Kier alpha value is -1.38. The van der Waals surface area contributed by atoms with Gasteiger partial charge in [-0.2, -0.15) is 0 Å². The van der Waals surface area contributed by atoms with Crippen LogP contribution < -0.4 is 14.2 Å². The standard InChI is InChI=1S/C15H22O3/c1-10(2)16-14-8-7-13(18-12-5-6-12)9-15(14)17-11(3)4/h7-12H,5-6H2,1-4H3. The zero-order valence-electron chi connectivity index (χ0n) is 11.6. The van der Waals surface area contributed by atoms with Crippen molar-refractivity contribution < 1.29 is 14.2 Å². The lowest BCUT2D eigenvalue weighted by Crippen LogP contribution is -2.11. The maximum atomic E-state index is 5.78. The summed E-state index contributed by atoms with van der Waals surface area (Å²) in [5.41, 5.74) is 0. The molecule has 1 aliphatic rings. The van der Waals surface area contributed by atoms with Gasteiger partial charge in [0.2, 0.25) is 0 Å². The lowest BCUT2D eigenvalue weighted by atomic mass is 10.3. The van der Waals surface area contributed by atoms with Gasteiger partial charge in [-0.25, -0.2) is 0 Å². The minimum absolute atomic E-state index is 0.121. The van der Waals surface area contributed by atoms with Gasteiger partial charge in [0.1, 0.15) is 5.75 Å². The minimum atomic E-state index is 0.121. The first-order chi connectivity index (χ1) is 8.54. The Morgan fingerprint density at radius 2 is 1.56 bits per heavy atom. The molecule has 3 heteroatoms. The second-order valence-electron chi connectivity index (χ2n) is 5.26. The maximum Gasteiger partial charge on any atom is 0.165 e. The minimum Gasteiger partial charge on any atom is -0.490 e. The Kier molecular flexibility index (Phi) is 4.00. The largest absolute Gasteiger partial charge is 0.490 e. The third-order valence-electron chi connectivity index (χ3n) is 2.47. The van der Waals surface area contributed by atoms with E-state index in [4.69, 9.17) is 14.2 Å². The lowest BCUT2D eigenvalue weighted by Gasteiger charge is -2.18. The molecule has 0 saturated heterocycles. The van der Waals surface area contributed by atoms with E-state index < -0.39 is 0 Å². The van der Waals surface area contributed by atoms with Gasteiger partial charge in [0.25, 0.3) is 0 Å². The van der Waals surface area contributed by atoms with Crippen LogP contribution in [0.2, 0.25) is 0 Å². The van der Waals surface area contributed by atoms with Crippen LogP contribution in [0.15, 0.2) is 18.2 Å². The van der Waals surface area contributed by atoms with E-state index in [2.05, 4.69) is 0 Å². The second-order valence-corrected chi connectivity index (χ2v) is 5.26. The molecule has 18 heavy (non-hydrogen) atoms. The fraction of sp³-hybridized carbons (Fsp3) is 0.600. The molecular formula is C15H22O3. The van der Waals surface area contributed by atoms with Crippen molar-refractivity contribution in [2.24, 2.45) is 0 Å². The van der Waals surface area contributed by atoms with Crippen molar-refractivity contribution in [2.45, 2.75) is 58.8 Å². The Labute approximate surface area is 109 Å². The lowest BCUT2D eigenvalue weighted by molar-refractivity contribution is 0.197. The highest BCUT2D eigenvalue weighted by Crippen LogP contribution is 2.35. The molecule has 0 unspecified atom stereocenters. The van der Waals surface area contributed by atoms with E-state index in [0.29, 0.717) is 6.10 Å². The molecule has 0 atom stereocenters. The molecular weight excluding hydrogens is 228 g/mol. The zero-order valence-corrected chi connectivity index (χ0v) is 11.6. The SMILES string of the molecule is CC(C)Oc1ccc(OC2CC2)cc1OC(C)C. The molecule has 1 saturated carbocycles. The number of benzene rings is 1. The first-order valence-corrected chi connectivity index (χ1v) is 6.68. The normalized spacial score (nSPS) is 15.0. The fourth-order valence-electron chi connectivity index (χ4n) is 1.64. The van der Waals surface area contributed by atoms with Gasteiger partial charge in [0.15, 0.2) is 11.5 Å². The quantitative estimate of drug-likeness (QED) is 0.768. The number of ether oxygens (including phenoxy) is 3. The van der Waals surface area contributed by atoms with Crippen molar-refractivity contribution in [2.75, 3.05) is 0 Å². The fourth-order valence-corrected chi connectivity index (χ4v) is 1.64. The van der Waals surface area contributed by atoms with Gasteiger partial charge in [0, 0.05) is 6.07 Å².